The number of carbonyl (C=O) groups is 3. The molecule has 1 atom stereocenters. The van der Waals surface area contributed by atoms with Crippen LogP contribution in [0, 0.1) is 5.41 Å². The SMILES string of the molecule is COCC1(C(=O)O)CCCN(C(=O)CSCC(=O)c2ccccc2)C1. The smallest absolute Gasteiger partial charge is 0.313 e. The van der Waals surface area contributed by atoms with E-state index in [1.165, 1.54) is 18.9 Å². The van der Waals surface area contributed by atoms with Gasteiger partial charge in [0.25, 0.3) is 0 Å². The number of thioether (sulfide) groups is 1. The van der Waals surface area contributed by atoms with Crippen LogP contribution in [0.15, 0.2) is 30.3 Å². The second-order valence-corrected chi connectivity index (χ2v) is 7.20. The van der Waals surface area contributed by atoms with Gasteiger partial charge in [0.05, 0.1) is 18.1 Å². The Balaban J connectivity index is 1.86. The number of hydrogen-bond acceptors (Lipinski definition) is 5. The zero-order valence-electron chi connectivity index (χ0n) is 14.3. The summed E-state index contributed by atoms with van der Waals surface area (Å²) in [5.74, 6) is -0.685. The second-order valence-electron chi connectivity index (χ2n) is 6.22. The first-order chi connectivity index (χ1) is 12.0. The fourth-order valence-corrected chi connectivity index (χ4v) is 3.82. The first kappa shape index (κ1) is 19.5. The Kier molecular flexibility index (Phi) is 7.01. The van der Waals surface area contributed by atoms with Crippen molar-refractivity contribution in [1.29, 1.82) is 0 Å². The number of Topliss-reactive ketones (excluding diaryl/α,β-unsaturated/α-hetero) is 1. The number of benzene rings is 1. The summed E-state index contributed by atoms with van der Waals surface area (Å²) < 4.78 is 5.07. The molecule has 0 radical (unpaired) electrons. The fourth-order valence-electron chi connectivity index (χ4n) is 3.00. The molecule has 1 fully saturated rings. The first-order valence-corrected chi connectivity index (χ1v) is 9.30. The van der Waals surface area contributed by atoms with Crippen LogP contribution in [0.25, 0.3) is 0 Å². The Labute approximate surface area is 151 Å². The number of carboxylic acid groups (broad SMARTS) is 1. The summed E-state index contributed by atoms with van der Waals surface area (Å²) in [6.07, 6.45) is 1.13. The maximum Gasteiger partial charge on any atom is 0.313 e. The van der Waals surface area contributed by atoms with Crippen LogP contribution in [0.1, 0.15) is 23.2 Å². The van der Waals surface area contributed by atoms with Gasteiger partial charge in [0.15, 0.2) is 5.78 Å². The Morgan fingerprint density at radius 2 is 1.96 bits per heavy atom. The molecule has 0 aromatic heterocycles. The minimum Gasteiger partial charge on any atom is -0.481 e. The van der Waals surface area contributed by atoms with Crippen LogP contribution in [-0.4, -0.2) is 66.0 Å². The number of amides is 1. The molecule has 1 unspecified atom stereocenters. The number of nitrogens with zero attached hydrogens (tertiary/aromatic N) is 1. The molecule has 0 aliphatic carbocycles. The first-order valence-electron chi connectivity index (χ1n) is 8.14. The van der Waals surface area contributed by atoms with Crippen LogP contribution in [0.4, 0.5) is 0 Å². The molecule has 1 aliphatic rings. The molecule has 1 heterocycles. The number of ketones is 1. The van der Waals surface area contributed by atoms with E-state index in [4.69, 9.17) is 4.74 Å². The largest absolute Gasteiger partial charge is 0.481 e. The number of carboxylic acids is 1. The zero-order valence-corrected chi connectivity index (χ0v) is 15.1. The lowest BCUT2D eigenvalue weighted by molar-refractivity contribution is -0.158. The van der Waals surface area contributed by atoms with Crippen molar-refractivity contribution in [3.63, 3.8) is 0 Å². The van der Waals surface area contributed by atoms with E-state index in [9.17, 15) is 19.5 Å². The second kappa shape index (κ2) is 9.01. The number of carbonyl (C=O) groups excluding carboxylic acids is 2. The summed E-state index contributed by atoms with van der Waals surface area (Å²) in [4.78, 5) is 37.6. The van der Waals surface area contributed by atoms with Crippen LogP contribution in [0.3, 0.4) is 0 Å². The van der Waals surface area contributed by atoms with E-state index in [2.05, 4.69) is 0 Å². The molecule has 25 heavy (non-hydrogen) atoms. The topological polar surface area (TPSA) is 83.9 Å². The maximum atomic E-state index is 12.4. The van der Waals surface area contributed by atoms with Crippen LogP contribution in [0.5, 0.6) is 0 Å². The lowest BCUT2D eigenvalue weighted by Gasteiger charge is -2.39. The molecule has 0 spiro atoms. The van der Waals surface area contributed by atoms with Crippen molar-refractivity contribution < 1.29 is 24.2 Å². The highest BCUT2D eigenvalue weighted by Gasteiger charge is 2.43. The maximum absolute atomic E-state index is 12.4. The Morgan fingerprint density at radius 1 is 1.24 bits per heavy atom. The van der Waals surface area contributed by atoms with E-state index in [0.717, 1.165) is 0 Å². The average Bonchev–Trinajstić information content (AvgIpc) is 2.62. The molecule has 2 rings (SSSR count). The van der Waals surface area contributed by atoms with Gasteiger partial charge in [-0.05, 0) is 12.8 Å². The third kappa shape index (κ3) is 5.06. The number of hydrogen-bond donors (Lipinski definition) is 1. The van der Waals surface area contributed by atoms with Gasteiger partial charge in [-0.25, -0.2) is 0 Å². The third-order valence-corrected chi connectivity index (χ3v) is 5.28. The molecule has 1 N–H and O–H groups in total. The summed E-state index contributed by atoms with van der Waals surface area (Å²) in [5.41, 5.74) is -0.405. The quantitative estimate of drug-likeness (QED) is 0.709. The molecule has 1 amide bonds. The van der Waals surface area contributed by atoms with Crippen molar-refractivity contribution >= 4 is 29.4 Å². The number of rotatable bonds is 8. The van der Waals surface area contributed by atoms with Gasteiger partial charge in [-0.15, -0.1) is 11.8 Å². The molecular formula is C18H23NO5S. The molecule has 1 saturated heterocycles. The summed E-state index contributed by atoms with van der Waals surface area (Å²) in [6.45, 7) is 0.790. The molecule has 0 saturated carbocycles. The molecule has 1 aromatic rings. The van der Waals surface area contributed by atoms with Crippen molar-refractivity contribution in [2.45, 2.75) is 12.8 Å². The normalized spacial score (nSPS) is 20.3. The number of aliphatic carboxylic acids is 1. The van der Waals surface area contributed by atoms with Gasteiger partial charge >= 0.3 is 5.97 Å². The molecular weight excluding hydrogens is 342 g/mol. The van der Waals surface area contributed by atoms with Crippen molar-refractivity contribution in [2.24, 2.45) is 5.41 Å². The summed E-state index contributed by atoms with van der Waals surface area (Å²) in [5, 5.41) is 9.53. The van der Waals surface area contributed by atoms with Crippen molar-refractivity contribution in [3.8, 4) is 0 Å². The molecule has 6 nitrogen and oxygen atoms in total. The number of ether oxygens (including phenoxy) is 1. The Bertz CT molecular complexity index is 617. The molecule has 136 valence electrons. The average molecular weight is 365 g/mol. The number of piperidine rings is 1. The predicted molar refractivity (Wildman–Crippen MR) is 95.9 cm³/mol. The predicted octanol–water partition coefficient (Wildman–Crippen LogP) is 1.94. The summed E-state index contributed by atoms with van der Waals surface area (Å²) in [6, 6.07) is 8.96. The highest BCUT2D eigenvalue weighted by Crippen LogP contribution is 2.31. The van der Waals surface area contributed by atoms with Crippen LogP contribution < -0.4 is 0 Å². The molecule has 7 heteroatoms. The highest BCUT2D eigenvalue weighted by molar-refractivity contribution is 8.00. The van der Waals surface area contributed by atoms with Crippen LogP contribution in [0.2, 0.25) is 0 Å². The Hall–Kier alpha value is -1.86. The van der Waals surface area contributed by atoms with E-state index in [1.807, 2.05) is 6.07 Å². The summed E-state index contributed by atoms with van der Waals surface area (Å²) >= 11 is 1.26. The van der Waals surface area contributed by atoms with Gasteiger partial charge in [0, 0.05) is 25.8 Å². The third-order valence-electron chi connectivity index (χ3n) is 4.36. The van der Waals surface area contributed by atoms with Crippen LogP contribution >= 0.6 is 11.8 Å². The lowest BCUT2D eigenvalue weighted by atomic mass is 9.80. The fraction of sp³-hybridized carbons (Fsp3) is 0.500. The standard InChI is InChI=1S/C18H23NO5S/c1-24-13-18(17(22)23)8-5-9-19(12-18)16(21)11-25-10-15(20)14-6-3-2-4-7-14/h2-4,6-7H,5,8-13H2,1H3,(H,22,23). The number of likely N-dealkylation sites (tertiary alicyclic amines) is 1. The van der Waals surface area contributed by atoms with Crippen LogP contribution in [-0.2, 0) is 14.3 Å². The van der Waals surface area contributed by atoms with E-state index >= 15 is 0 Å². The van der Waals surface area contributed by atoms with Crippen molar-refractivity contribution in [3.05, 3.63) is 35.9 Å². The van der Waals surface area contributed by atoms with Gasteiger partial charge in [-0.1, -0.05) is 30.3 Å². The molecule has 1 aromatic carbocycles. The van der Waals surface area contributed by atoms with E-state index in [1.54, 1.807) is 29.2 Å². The monoisotopic (exact) mass is 365 g/mol. The van der Waals surface area contributed by atoms with Crippen molar-refractivity contribution in [1.82, 2.24) is 4.90 Å². The molecule has 0 bridgehead atoms. The number of methoxy groups -OCH3 is 1. The zero-order chi connectivity index (χ0) is 18.3. The van der Waals surface area contributed by atoms with Gasteiger partial charge in [-0.2, -0.15) is 0 Å². The Morgan fingerprint density at radius 3 is 2.60 bits per heavy atom. The van der Waals surface area contributed by atoms with E-state index in [-0.39, 0.29) is 36.3 Å². The minimum absolute atomic E-state index is 0.0173. The van der Waals surface area contributed by atoms with Gasteiger partial charge in [0.1, 0.15) is 5.41 Å². The summed E-state index contributed by atoms with van der Waals surface area (Å²) in [7, 11) is 1.47. The minimum atomic E-state index is -1.03. The van der Waals surface area contributed by atoms with E-state index < -0.39 is 11.4 Å². The van der Waals surface area contributed by atoms with E-state index in [0.29, 0.717) is 24.9 Å². The lowest BCUT2D eigenvalue weighted by Crippen LogP contribution is -2.52. The molecule has 1 aliphatic heterocycles. The van der Waals surface area contributed by atoms with Gasteiger partial charge < -0.3 is 14.7 Å². The van der Waals surface area contributed by atoms with Gasteiger partial charge in [-0.3, -0.25) is 14.4 Å². The van der Waals surface area contributed by atoms with Crippen molar-refractivity contribution in [2.75, 3.05) is 38.3 Å². The highest BCUT2D eigenvalue weighted by atomic mass is 32.2. The van der Waals surface area contributed by atoms with Gasteiger partial charge in [0.2, 0.25) is 5.91 Å².